The Morgan fingerprint density at radius 2 is 1.79 bits per heavy atom. The predicted molar refractivity (Wildman–Crippen MR) is 124 cm³/mol. The third kappa shape index (κ3) is 5.68. The van der Waals surface area contributed by atoms with Crippen molar-refractivity contribution in [2.24, 2.45) is 0 Å². The van der Waals surface area contributed by atoms with E-state index < -0.39 is 0 Å². The zero-order valence-electron chi connectivity index (χ0n) is 19.8. The maximum atomic E-state index is 12.8. The largest absolute Gasteiger partial charge is 0.493 e. The van der Waals surface area contributed by atoms with Gasteiger partial charge in [0.2, 0.25) is 0 Å². The first-order valence-corrected chi connectivity index (χ1v) is 10.5. The van der Waals surface area contributed by atoms with Crippen LogP contribution in [0.25, 0.3) is 5.69 Å². The van der Waals surface area contributed by atoms with Crippen LogP contribution in [0.2, 0.25) is 0 Å². The lowest BCUT2D eigenvalue weighted by Gasteiger charge is -2.14. The fourth-order valence-corrected chi connectivity index (χ4v) is 3.20. The molecule has 0 unspecified atom stereocenters. The number of ether oxygens (including phenoxy) is 2. The second-order valence-corrected chi connectivity index (χ2v) is 7.96. The summed E-state index contributed by atoms with van der Waals surface area (Å²) in [6, 6.07) is 11.2. The van der Waals surface area contributed by atoms with E-state index in [1.807, 2.05) is 32.0 Å². The normalized spacial score (nSPS) is 10.6. The van der Waals surface area contributed by atoms with E-state index in [0.717, 1.165) is 22.4 Å². The van der Waals surface area contributed by atoms with Gasteiger partial charge in [-0.15, -0.1) is 5.10 Å². The first-order valence-electron chi connectivity index (χ1n) is 10.5. The van der Waals surface area contributed by atoms with Crippen LogP contribution in [-0.4, -0.2) is 59.5 Å². The van der Waals surface area contributed by atoms with Gasteiger partial charge in [0.05, 0.1) is 18.5 Å². The summed E-state index contributed by atoms with van der Waals surface area (Å²) in [7, 11) is 4.85. The highest BCUT2D eigenvalue weighted by atomic mass is 16.5. The Morgan fingerprint density at radius 1 is 1.03 bits per heavy atom. The van der Waals surface area contributed by atoms with Gasteiger partial charge >= 0.3 is 0 Å². The molecule has 0 aliphatic rings. The van der Waals surface area contributed by atoms with Gasteiger partial charge in [0.25, 0.3) is 11.8 Å². The van der Waals surface area contributed by atoms with Crippen molar-refractivity contribution < 1.29 is 19.1 Å². The number of hydrogen-bond acceptors (Lipinski definition) is 6. The zero-order valence-corrected chi connectivity index (χ0v) is 19.8. The first-order chi connectivity index (χ1) is 15.7. The van der Waals surface area contributed by atoms with Gasteiger partial charge in [-0.25, -0.2) is 0 Å². The first kappa shape index (κ1) is 23.8. The van der Waals surface area contributed by atoms with Gasteiger partial charge in [-0.05, 0) is 50.1 Å². The molecule has 1 heterocycles. The highest BCUT2D eigenvalue weighted by molar-refractivity contribution is 5.93. The lowest BCUT2D eigenvalue weighted by Crippen LogP contribution is -2.27. The molecule has 0 atom stereocenters. The average Bonchev–Trinajstić information content (AvgIpc) is 3.17. The van der Waals surface area contributed by atoms with E-state index in [1.54, 1.807) is 39.2 Å². The topological polar surface area (TPSA) is 98.6 Å². The monoisotopic (exact) mass is 451 g/mol. The highest BCUT2D eigenvalue weighted by Gasteiger charge is 2.17. The number of carbonyl (C=O) groups excluding carboxylic acids is 2. The molecule has 0 saturated carbocycles. The van der Waals surface area contributed by atoms with E-state index in [9.17, 15) is 9.59 Å². The molecule has 33 heavy (non-hydrogen) atoms. The van der Waals surface area contributed by atoms with Crippen molar-refractivity contribution >= 4 is 11.8 Å². The van der Waals surface area contributed by atoms with E-state index >= 15 is 0 Å². The van der Waals surface area contributed by atoms with Crippen LogP contribution >= 0.6 is 0 Å². The number of aromatic nitrogens is 3. The molecule has 2 aromatic carbocycles. The third-order valence-corrected chi connectivity index (χ3v) is 5.10. The van der Waals surface area contributed by atoms with Gasteiger partial charge in [-0.3, -0.25) is 9.59 Å². The lowest BCUT2D eigenvalue weighted by atomic mass is 10.1. The number of nitrogens with zero attached hydrogens (tertiary/aromatic N) is 4. The molecular formula is C24H29N5O4. The summed E-state index contributed by atoms with van der Waals surface area (Å²) in [5.74, 6) is 0.456. The van der Waals surface area contributed by atoms with Crippen molar-refractivity contribution in [1.82, 2.24) is 25.2 Å². The number of aryl methyl sites for hydroxylation is 3. The summed E-state index contributed by atoms with van der Waals surface area (Å²) in [5, 5.41) is 11.7. The molecule has 174 valence electrons. The minimum Gasteiger partial charge on any atom is -0.493 e. The molecule has 0 fully saturated rings. The van der Waals surface area contributed by atoms with Crippen LogP contribution < -0.4 is 14.8 Å². The minimum atomic E-state index is -0.320. The summed E-state index contributed by atoms with van der Waals surface area (Å²) in [6.07, 6.45) is 0. The van der Waals surface area contributed by atoms with Gasteiger partial charge in [0.15, 0.2) is 23.8 Å². The second kappa shape index (κ2) is 10.2. The van der Waals surface area contributed by atoms with E-state index in [-0.39, 0.29) is 30.7 Å². The Balaban J connectivity index is 1.68. The van der Waals surface area contributed by atoms with Crippen molar-refractivity contribution in [3.8, 4) is 17.2 Å². The molecule has 1 N–H and O–H groups in total. The highest BCUT2D eigenvalue weighted by Crippen LogP contribution is 2.28. The number of nitrogens with one attached hydrogen (secondary N) is 1. The van der Waals surface area contributed by atoms with Crippen molar-refractivity contribution in [2.75, 3.05) is 27.8 Å². The molecule has 0 radical (unpaired) electrons. The van der Waals surface area contributed by atoms with Crippen LogP contribution in [0.3, 0.4) is 0 Å². The maximum absolute atomic E-state index is 12.8. The molecule has 1 aromatic heterocycles. The van der Waals surface area contributed by atoms with E-state index in [1.165, 1.54) is 16.8 Å². The molecule has 0 spiro atoms. The number of carbonyl (C=O) groups is 2. The lowest BCUT2D eigenvalue weighted by molar-refractivity contribution is -0.130. The molecule has 2 amide bonds. The van der Waals surface area contributed by atoms with E-state index in [4.69, 9.17) is 9.47 Å². The van der Waals surface area contributed by atoms with Gasteiger partial charge in [0.1, 0.15) is 0 Å². The summed E-state index contributed by atoms with van der Waals surface area (Å²) in [5.41, 5.74) is 4.62. The SMILES string of the molecule is COc1cc(CNC(=O)c2nn(-c3ccc(C)cc3C)nc2C)ccc1OCC(=O)N(C)C. The number of likely N-dealkylation sites (N-methyl/N-ethyl adjacent to an activating group) is 1. The van der Waals surface area contributed by atoms with Crippen LogP contribution in [0.15, 0.2) is 36.4 Å². The average molecular weight is 452 g/mol. The second-order valence-electron chi connectivity index (χ2n) is 7.96. The standard InChI is InChI=1S/C24H29N5O4/c1-15-7-9-19(16(2)11-15)29-26-17(3)23(27-29)24(31)25-13-18-8-10-20(21(12-18)32-6)33-14-22(30)28(4)5/h7-12H,13-14H2,1-6H3,(H,25,31). The van der Waals surface area contributed by atoms with Crippen LogP contribution in [0.5, 0.6) is 11.5 Å². The van der Waals surface area contributed by atoms with Crippen LogP contribution in [0.1, 0.15) is 32.9 Å². The maximum Gasteiger partial charge on any atom is 0.274 e. The summed E-state index contributed by atoms with van der Waals surface area (Å²) in [4.78, 5) is 27.5. The number of hydrogen-bond donors (Lipinski definition) is 1. The summed E-state index contributed by atoms with van der Waals surface area (Å²) >= 11 is 0. The number of methoxy groups -OCH3 is 1. The Labute approximate surface area is 193 Å². The van der Waals surface area contributed by atoms with Crippen molar-refractivity contribution in [1.29, 1.82) is 0 Å². The van der Waals surface area contributed by atoms with Crippen molar-refractivity contribution in [2.45, 2.75) is 27.3 Å². The van der Waals surface area contributed by atoms with Gasteiger partial charge in [-0.2, -0.15) is 9.90 Å². The molecule has 9 heteroatoms. The molecule has 9 nitrogen and oxygen atoms in total. The van der Waals surface area contributed by atoms with Gasteiger partial charge in [-0.1, -0.05) is 23.8 Å². The number of benzene rings is 2. The van der Waals surface area contributed by atoms with Crippen LogP contribution in [-0.2, 0) is 11.3 Å². The van der Waals surface area contributed by atoms with Crippen molar-refractivity contribution in [3.05, 3.63) is 64.5 Å². The van der Waals surface area contributed by atoms with Crippen molar-refractivity contribution in [3.63, 3.8) is 0 Å². The van der Waals surface area contributed by atoms with Gasteiger partial charge in [0, 0.05) is 20.6 Å². The molecule has 0 aliphatic heterocycles. The Bertz CT molecular complexity index is 1170. The van der Waals surface area contributed by atoms with E-state index in [2.05, 4.69) is 15.5 Å². The predicted octanol–water partition coefficient (Wildman–Crippen LogP) is 2.60. The Hall–Kier alpha value is -3.88. The molecule has 0 bridgehead atoms. The quantitative estimate of drug-likeness (QED) is 0.565. The Morgan fingerprint density at radius 3 is 2.45 bits per heavy atom. The summed E-state index contributed by atoms with van der Waals surface area (Å²) < 4.78 is 10.9. The molecular weight excluding hydrogens is 422 g/mol. The fraction of sp³-hybridized carbons (Fsp3) is 0.333. The number of rotatable bonds is 8. The van der Waals surface area contributed by atoms with Crippen LogP contribution in [0, 0.1) is 20.8 Å². The van der Waals surface area contributed by atoms with Crippen LogP contribution in [0.4, 0.5) is 0 Å². The fourth-order valence-electron chi connectivity index (χ4n) is 3.20. The molecule has 0 saturated heterocycles. The van der Waals surface area contributed by atoms with E-state index in [0.29, 0.717) is 17.2 Å². The molecule has 3 rings (SSSR count). The smallest absolute Gasteiger partial charge is 0.274 e. The molecule has 3 aromatic rings. The summed E-state index contributed by atoms with van der Waals surface area (Å²) in [6.45, 7) is 5.94. The zero-order chi connectivity index (χ0) is 24.1. The third-order valence-electron chi connectivity index (χ3n) is 5.10. The molecule has 0 aliphatic carbocycles. The Kier molecular flexibility index (Phi) is 7.32. The van der Waals surface area contributed by atoms with Gasteiger partial charge < -0.3 is 19.7 Å². The number of amides is 2. The minimum absolute atomic E-state index is 0.0885.